The third-order valence-electron chi connectivity index (χ3n) is 3.41. The highest BCUT2D eigenvalue weighted by atomic mass is 35.5. The number of carbonyl (C=O) groups is 1. The van der Waals surface area contributed by atoms with Gasteiger partial charge in [0.2, 0.25) is 5.91 Å². The largest absolute Gasteiger partial charge is 0.301 e. The number of pyridine rings is 1. The third kappa shape index (κ3) is 2.30. The molecule has 0 aliphatic heterocycles. The molecule has 1 aliphatic carbocycles. The van der Waals surface area contributed by atoms with E-state index < -0.39 is 9.75 Å². The zero-order valence-electron chi connectivity index (χ0n) is 10.6. The molecule has 104 valence electrons. The molecule has 0 radical (unpaired) electrons. The molecule has 1 fully saturated rings. The summed E-state index contributed by atoms with van der Waals surface area (Å²) in [6.45, 7) is 1.75. The van der Waals surface area contributed by atoms with Crippen LogP contribution in [0.4, 0.5) is 5.13 Å². The number of halogens is 2. The Hall–Kier alpha value is -1.17. The summed E-state index contributed by atoms with van der Waals surface area (Å²) in [5, 5.41) is 5.13. The monoisotopic (exact) mass is 327 g/mol. The van der Waals surface area contributed by atoms with Gasteiger partial charge in [-0.2, -0.15) is 0 Å². The third-order valence-corrected chi connectivity index (χ3v) is 5.27. The van der Waals surface area contributed by atoms with Crippen LogP contribution in [0.1, 0.15) is 13.3 Å². The van der Waals surface area contributed by atoms with Crippen LogP contribution in [0.25, 0.3) is 11.4 Å². The lowest BCUT2D eigenvalue weighted by Gasteiger charge is -2.10. The Morgan fingerprint density at radius 3 is 2.75 bits per heavy atom. The Balaban J connectivity index is 1.74. The summed E-state index contributed by atoms with van der Waals surface area (Å²) < 4.78 is -0.974. The van der Waals surface area contributed by atoms with E-state index in [1.807, 2.05) is 23.6 Å². The van der Waals surface area contributed by atoms with E-state index in [1.165, 1.54) is 11.3 Å². The van der Waals surface area contributed by atoms with Gasteiger partial charge in [-0.05, 0) is 25.5 Å². The van der Waals surface area contributed by atoms with Gasteiger partial charge in [0.25, 0.3) is 0 Å². The molecule has 0 saturated heterocycles. The van der Waals surface area contributed by atoms with Gasteiger partial charge in [-0.1, -0.05) is 6.07 Å². The maximum Gasteiger partial charge on any atom is 0.235 e. The fourth-order valence-electron chi connectivity index (χ4n) is 1.84. The SMILES string of the molecule is C[C@]1(C(=O)Nc2nc(-c3ccccn3)cs2)CC1(Cl)Cl. The Kier molecular flexibility index (Phi) is 3.23. The van der Waals surface area contributed by atoms with Gasteiger partial charge in [-0.15, -0.1) is 34.5 Å². The second-order valence-corrected chi connectivity index (χ2v) is 7.26. The van der Waals surface area contributed by atoms with Crippen molar-refractivity contribution in [2.75, 3.05) is 5.32 Å². The molecule has 1 atom stereocenters. The maximum atomic E-state index is 12.1. The first-order valence-corrected chi connectivity index (χ1v) is 7.62. The van der Waals surface area contributed by atoms with Gasteiger partial charge in [0.1, 0.15) is 10.0 Å². The first-order valence-electron chi connectivity index (χ1n) is 5.99. The van der Waals surface area contributed by atoms with Crippen molar-refractivity contribution in [3.05, 3.63) is 29.8 Å². The van der Waals surface area contributed by atoms with E-state index in [9.17, 15) is 4.79 Å². The zero-order chi connectivity index (χ0) is 14.4. The summed E-state index contributed by atoms with van der Waals surface area (Å²) in [6.07, 6.45) is 2.15. The first-order chi connectivity index (χ1) is 9.42. The number of thiazole rings is 1. The molecule has 1 saturated carbocycles. The predicted molar refractivity (Wildman–Crippen MR) is 81.1 cm³/mol. The topological polar surface area (TPSA) is 54.9 Å². The number of nitrogens with zero attached hydrogens (tertiary/aromatic N) is 2. The Labute approximate surface area is 130 Å². The summed E-state index contributed by atoms with van der Waals surface area (Å²) in [7, 11) is 0. The zero-order valence-corrected chi connectivity index (χ0v) is 12.9. The highest BCUT2D eigenvalue weighted by molar-refractivity contribution is 7.14. The highest BCUT2D eigenvalue weighted by Crippen LogP contribution is 2.64. The first kappa shape index (κ1) is 13.8. The van der Waals surface area contributed by atoms with E-state index in [-0.39, 0.29) is 5.91 Å². The molecular weight excluding hydrogens is 317 g/mol. The molecule has 4 nitrogen and oxygen atoms in total. The van der Waals surface area contributed by atoms with Crippen molar-refractivity contribution >= 4 is 45.6 Å². The second-order valence-electron chi connectivity index (χ2n) is 4.92. The van der Waals surface area contributed by atoms with Crippen LogP contribution in [-0.4, -0.2) is 20.2 Å². The minimum atomic E-state index is -0.974. The van der Waals surface area contributed by atoms with Crippen LogP contribution in [0.2, 0.25) is 0 Å². The number of rotatable bonds is 3. The van der Waals surface area contributed by atoms with Gasteiger partial charge < -0.3 is 5.32 Å². The molecule has 7 heteroatoms. The van der Waals surface area contributed by atoms with Crippen LogP contribution in [0.5, 0.6) is 0 Å². The van der Waals surface area contributed by atoms with Crippen LogP contribution in [0, 0.1) is 5.41 Å². The molecular formula is C13H11Cl2N3OS. The summed E-state index contributed by atoms with van der Waals surface area (Å²) >= 11 is 13.3. The number of hydrogen-bond acceptors (Lipinski definition) is 4. The minimum absolute atomic E-state index is 0.204. The van der Waals surface area contributed by atoms with E-state index in [0.29, 0.717) is 11.6 Å². The number of aromatic nitrogens is 2. The van der Waals surface area contributed by atoms with Crippen LogP contribution < -0.4 is 5.32 Å². The van der Waals surface area contributed by atoms with Crippen molar-refractivity contribution in [2.24, 2.45) is 5.41 Å². The molecule has 0 bridgehead atoms. The maximum absolute atomic E-state index is 12.1. The molecule has 2 aromatic rings. The number of anilines is 1. The average Bonchev–Trinajstić information content (AvgIpc) is 2.78. The summed E-state index contributed by atoms with van der Waals surface area (Å²) in [5.41, 5.74) is 0.758. The van der Waals surface area contributed by atoms with Crippen molar-refractivity contribution in [3.8, 4) is 11.4 Å². The lowest BCUT2D eigenvalue weighted by Crippen LogP contribution is -2.25. The van der Waals surface area contributed by atoms with Crippen LogP contribution in [0.15, 0.2) is 29.8 Å². The van der Waals surface area contributed by atoms with Gasteiger partial charge in [-0.3, -0.25) is 9.78 Å². The standard InChI is InChI=1S/C13H11Cl2N3OS/c1-12(7-13(12,14)15)10(19)18-11-17-9(6-20-11)8-4-2-3-5-16-8/h2-6H,7H2,1H3,(H,17,18,19)/t12-/m1/s1. The van der Waals surface area contributed by atoms with Crippen molar-refractivity contribution in [1.82, 2.24) is 9.97 Å². The second kappa shape index (κ2) is 4.69. The van der Waals surface area contributed by atoms with Gasteiger partial charge in [0.15, 0.2) is 5.13 Å². The molecule has 2 aromatic heterocycles. The van der Waals surface area contributed by atoms with Gasteiger partial charge >= 0.3 is 0 Å². The van der Waals surface area contributed by atoms with Crippen molar-refractivity contribution < 1.29 is 4.79 Å². The lowest BCUT2D eigenvalue weighted by molar-refractivity contribution is -0.120. The molecule has 0 aromatic carbocycles. The Morgan fingerprint density at radius 2 is 2.15 bits per heavy atom. The van der Waals surface area contributed by atoms with E-state index in [0.717, 1.165) is 11.4 Å². The van der Waals surface area contributed by atoms with E-state index in [1.54, 1.807) is 13.1 Å². The number of nitrogens with one attached hydrogen (secondary N) is 1. The number of alkyl halides is 2. The van der Waals surface area contributed by atoms with Crippen molar-refractivity contribution in [2.45, 2.75) is 17.7 Å². The van der Waals surface area contributed by atoms with Crippen molar-refractivity contribution in [3.63, 3.8) is 0 Å². The average molecular weight is 328 g/mol. The lowest BCUT2D eigenvalue weighted by atomic mass is 10.1. The molecule has 1 amide bonds. The van der Waals surface area contributed by atoms with Gasteiger partial charge in [-0.25, -0.2) is 4.98 Å². The van der Waals surface area contributed by atoms with E-state index in [2.05, 4.69) is 15.3 Å². The Morgan fingerprint density at radius 1 is 1.40 bits per heavy atom. The fourth-order valence-corrected chi connectivity index (χ4v) is 3.25. The molecule has 0 spiro atoms. The van der Waals surface area contributed by atoms with E-state index in [4.69, 9.17) is 23.2 Å². The van der Waals surface area contributed by atoms with Gasteiger partial charge in [0, 0.05) is 11.6 Å². The quantitative estimate of drug-likeness (QED) is 0.874. The van der Waals surface area contributed by atoms with Gasteiger partial charge in [0.05, 0.1) is 11.1 Å². The molecule has 1 N–H and O–H groups in total. The molecule has 0 unspecified atom stereocenters. The minimum Gasteiger partial charge on any atom is -0.301 e. The smallest absolute Gasteiger partial charge is 0.235 e. The molecule has 3 rings (SSSR count). The number of carbonyl (C=O) groups excluding carboxylic acids is 1. The number of hydrogen-bond donors (Lipinski definition) is 1. The fraction of sp³-hybridized carbons (Fsp3) is 0.308. The van der Waals surface area contributed by atoms with Crippen LogP contribution in [-0.2, 0) is 4.79 Å². The highest BCUT2D eigenvalue weighted by Gasteiger charge is 2.68. The van der Waals surface area contributed by atoms with Crippen LogP contribution in [0.3, 0.4) is 0 Å². The van der Waals surface area contributed by atoms with Crippen LogP contribution >= 0.6 is 34.5 Å². The molecule has 1 aliphatic rings. The summed E-state index contributed by atoms with van der Waals surface area (Å²) in [4.78, 5) is 20.7. The summed E-state index contributed by atoms with van der Waals surface area (Å²) in [5.74, 6) is -0.204. The Bertz CT molecular complexity index is 659. The van der Waals surface area contributed by atoms with E-state index >= 15 is 0 Å². The summed E-state index contributed by atoms with van der Waals surface area (Å²) in [6, 6.07) is 5.60. The molecule has 20 heavy (non-hydrogen) atoms. The normalized spacial score (nSPS) is 23.4. The predicted octanol–water partition coefficient (Wildman–Crippen LogP) is 3.73. The molecule has 2 heterocycles. The number of amides is 1. The van der Waals surface area contributed by atoms with Crippen molar-refractivity contribution in [1.29, 1.82) is 0 Å².